The lowest BCUT2D eigenvalue weighted by atomic mass is 9.90. The number of nitrogens with zero attached hydrogens (tertiary/aromatic N) is 2. The second kappa shape index (κ2) is 5.27. The van der Waals surface area contributed by atoms with Crippen LogP contribution in [0, 0.1) is 11.3 Å². The first kappa shape index (κ1) is 13.2. The first-order valence-corrected chi connectivity index (χ1v) is 6.95. The minimum absolute atomic E-state index is 0.0484. The molecule has 2 N–H and O–H groups in total. The topological polar surface area (TPSA) is 81.2 Å². The van der Waals surface area contributed by atoms with E-state index >= 15 is 0 Å². The summed E-state index contributed by atoms with van der Waals surface area (Å²) in [6.07, 6.45) is 3.43. The number of hydrogen-bond acceptors (Lipinski definition) is 4. The first-order valence-electron chi connectivity index (χ1n) is 6.95. The summed E-state index contributed by atoms with van der Waals surface area (Å²) in [5, 5.41) is 12.1. The van der Waals surface area contributed by atoms with Gasteiger partial charge in [0.1, 0.15) is 11.8 Å². The van der Waals surface area contributed by atoms with Gasteiger partial charge in [-0.05, 0) is 32.0 Å². The number of nitrogens with one attached hydrogen (secondary N) is 2. The van der Waals surface area contributed by atoms with Crippen molar-refractivity contribution >= 4 is 5.91 Å². The molecule has 0 bridgehead atoms. The molecule has 0 aromatic carbocycles. The van der Waals surface area contributed by atoms with Crippen molar-refractivity contribution in [3.05, 3.63) is 23.5 Å². The third-order valence-electron chi connectivity index (χ3n) is 4.09. The van der Waals surface area contributed by atoms with Crippen LogP contribution in [0.1, 0.15) is 28.9 Å². The standard InChI is InChI=1S/C14H18N4O2/c15-8-11-7-12(17-9-11)13(19)18-5-6-20-14(10-18)1-3-16-4-2-14/h7,9,16-17H,1-6,10H2. The Kier molecular flexibility index (Phi) is 3.47. The van der Waals surface area contributed by atoms with Gasteiger partial charge in [0.15, 0.2) is 0 Å². The number of nitriles is 1. The molecule has 2 saturated heterocycles. The molecular weight excluding hydrogens is 256 g/mol. The van der Waals surface area contributed by atoms with Crippen LogP contribution in [0.4, 0.5) is 0 Å². The molecule has 0 saturated carbocycles. The van der Waals surface area contributed by atoms with Gasteiger partial charge in [-0.1, -0.05) is 0 Å². The van der Waals surface area contributed by atoms with Gasteiger partial charge in [-0.3, -0.25) is 4.79 Å². The molecule has 1 aromatic rings. The van der Waals surface area contributed by atoms with Crippen LogP contribution in [0.5, 0.6) is 0 Å². The SMILES string of the molecule is N#Cc1c[nH]c(C(=O)N2CCOC3(CCNCC3)C2)c1. The molecule has 20 heavy (non-hydrogen) atoms. The van der Waals surface area contributed by atoms with Crippen molar-refractivity contribution in [2.45, 2.75) is 18.4 Å². The Labute approximate surface area is 117 Å². The van der Waals surface area contributed by atoms with Gasteiger partial charge in [0.25, 0.3) is 5.91 Å². The fourth-order valence-electron chi connectivity index (χ4n) is 2.96. The third-order valence-corrected chi connectivity index (χ3v) is 4.09. The Balaban J connectivity index is 1.73. The van der Waals surface area contributed by atoms with Crippen LogP contribution in [0.3, 0.4) is 0 Å². The van der Waals surface area contributed by atoms with Gasteiger partial charge in [0, 0.05) is 12.7 Å². The number of rotatable bonds is 1. The third kappa shape index (κ3) is 2.42. The highest BCUT2D eigenvalue weighted by Gasteiger charge is 2.39. The van der Waals surface area contributed by atoms with E-state index in [1.807, 2.05) is 11.0 Å². The maximum atomic E-state index is 12.5. The molecule has 3 rings (SSSR count). The quantitative estimate of drug-likeness (QED) is 0.780. The number of aromatic nitrogens is 1. The minimum Gasteiger partial charge on any atom is -0.371 e. The lowest BCUT2D eigenvalue weighted by molar-refractivity contribution is -0.114. The normalized spacial score (nSPS) is 21.6. The molecule has 6 heteroatoms. The summed E-state index contributed by atoms with van der Waals surface area (Å²) >= 11 is 0. The second-order valence-corrected chi connectivity index (χ2v) is 5.42. The molecule has 0 unspecified atom stereocenters. The van der Waals surface area contributed by atoms with E-state index < -0.39 is 0 Å². The lowest BCUT2D eigenvalue weighted by Crippen LogP contribution is -2.57. The second-order valence-electron chi connectivity index (χ2n) is 5.42. The number of hydrogen-bond donors (Lipinski definition) is 2. The predicted octanol–water partition coefficient (Wildman–Crippen LogP) is 0.481. The van der Waals surface area contributed by atoms with Crippen molar-refractivity contribution in [1.29, 1.82) is 5.26 Å². The van der Waals surface area contributed by atoms with Gasteiger partial charge < -0.3 is 19.9 Å². The highest BCUT2D eigenvalue weighted by molar-refractivity contribution is 5.93. The van der Waals surface area contributed by atoms with E-state index in [0.29, 0.717) is 31.0 Å². The summed E-state index contributed by atoms with van der Waals surface area (Å²) in [6.45, 7) is 3.69. The monoisotopic (exact) mass is 274 g/mol. The number of morpholine rings is 1. The molecule has 3 heterocycles. The Morgan fingerprint density at radius 3 is 2.95 bits per heavy atom. The smallest absolute Gasteiger partial charge is 0.270 e. The van der Waals surface area contributed by atoms with Crippen molar-refractivity contribution in [2.24, 2.45) is 0 Å². The predicted molar refractivity (Wildman–Crippen MR) is 72.2 cm³/mol. The molecule has 106 valence electrons. The molecule has 6 nitrogen and oxygen atoms in total. The van der Waals surface area contributed by atoms with Crippen LogP contribution in [-0.2, 0) is 4.74 Å². The largest absolute Gasteiger partial charge is 0.371 e. The van der Waals surface area contributed by atoms with E-state index in [-0.39, 0.29) is 11.5 Å². The number of carbonyl (C=O) groups is 1. The van der Waals surface area contributed by atoms with Crippen molar-refractivity contribution in [3.63, 3.8) is 0 Å². The number of H-pyrrole nitrogens is 1. The molecule has 1 aromatic heterocycles. The van der Waals surface area contributed by atoms with Crippen LogP contribution < -0.4 is 5.32 Å². The van der Waals surface area contributed by atoms with E-state index in [4.69, 9.17) is 10.00 Å². The summed E-state index contributed by atoms with van der Waals surface area (Å²) < 4.78 is 5.95. The zero-order valence-electron chi connectivity index (χ0n) is 11.3. The molecule has 2 aliphatic rings. The van der Waals surface area contributed by atoms with Crippen molar-refractivity contribution < 1.29 is 9.53 Å². The molecule has 2 aliphatic heterocycles. The van der Waals surface area contributed by atoms with E-state index in [2.05, 4.69) is 10.3 Å². The van der Waals surface area contributed by atoms with E-state index in [1.54, 1.807) is 12.3 Å². The first-order chi connectivity index (χ1) is 9.72. The molecule has 0 radical (unpaired) electrons. The molecular formula is C14H18N4O2. The fraction of sp³-hybridized carbons (Fsp3) is 0.571. The summed E-state index contributed by atoms with van der Waals surface area (Å²) in [4.78, 5) is 17.2. The zero-order valence-corrected chi connectivity index (χ0v) is 11.3. The Morgan fingerprint density at radius 2 is 2.25 bits per heavy atom. The van der Waals surface area contributed by atoms with E-state index in [1.165, 1.54) is 0 Å². The van der Waals surface area contributed by atoms with E-state index in [9.17, 15) is 4.79 Å². The van der Waals surface area contributed by atoms with Crippen molar-refractivity contribution in [2.75, 3.05) is 32.8 Å². The van der Waals surface area contributed by atoms with Crippen LogP contribution in [-0.4, -0.2) is 54.2 Å². The molecule has 2 fully saturated rings. The maximum Gasteiger partial charge on any atom is 0.270 e. The van der Waals surface area contributed by atoms with E-state index in [0.717, 1.165) is 25.9 Å². The average molecular weight is 274 g/mol. The highest BCUT2D eigenvalue weighted by atomic mass is 16.5. The fourth-order valence-corrected chi connectivity index (χ4v) is 2.96. The van der Waals surface area contributed by atoms with Gasteiger partial charge in [0.2, 0.25) is 0 Å². The van der Waals surface area contributed by atoms with Crippen molar-refractivity contribution in [3.8, 4) is 6.07 Å². The van der Waals surface area contributed by atoms with Gasteiger partial charge in [-0.2, -0.15) is 5.26 Å². The van der Waals surface area contributed by atoms with Crippen LogP contribution in [0.2, 0.25) is 0 Å². The summed E-state index contributed by atoms with van der Waals surface area (Å²) in [6, 6.07) is 3.63. The van der Waals surface area contributed by atoms with Gasteiger partial charge >= 0.3 is 0 Å². The number of amides is 1. The van der Waals surface area contributed by atoms with Crippen LogP contribution >= 0.6 is 0 Å². The minimum atomic E-state index is -0.191. The summed E-state index contributed by atoms with van der Waals surface area (Å²) in [5.74, 6) is -0.0484. The Bertz CT molecular complexity index is 534. The number of piperidine rings is 1. The van der Waals surface area contributed by atoms with Gasteiger partial charge in [-0.25, -0.2) is 0 Å². The summed E-state index contributed by atoms with van der Waals surface area (Å²) in [7, 11) is 0. The number of aromatic amines is 1. The molecule has 0 atom stereocenters. The average Bonchev–Trinajstić information content (AvgIpc) is 2.96. The highest BCUT2D eigenvalue weighted by Crippen LogP contribution is 2.28. The van der Waals surface area contributed by atoms with Crippen LogP contribution in [0.15, 0.2) is 12.3 Å². The van der Waals surface area contributed by atoms with Gasteiger partial charge in [-0.15, -0.1) is 0 Å². The molecule has 1 spiro atoms. The summed E-state index contributed by atoms with van der Waals surface area (Å²) in [5.41, 5.74) is 0.773. The zero-order chi connectivity index (χ0) is 14.0. The molecule has 1 amide bonds. The van der Waals surface area contributed by atoms with Crippen molar-refractivity contribution in [1.82, 2.24) is 15.2 Å². The van der Waals surface area contributed by atoms with Gasteiger partial charge in [0.05, 0.1) is 24.3 Å². The molecule has 0 aliphatic carbocycles. The van der Waals surface area contributed by atoms with Crippen LogP contribution in [0.25, 0.3) is 0 Å². The Morgan fingerprint density at radius 1 is 1.45 bits per heavy atom. The lowest BCUT2D eigenvalue weighted by Gasteiger charge is -2.45. The number of ether oxygens (including phenoxy) is 1. The maximum absolute atomic E-state index is 12.5. The Hall–Kier alpha value is -1.84. The number of carbonyl (C=O) groups excluding carboxylic acids is 1.